The normalized spacial score (nSPS) is 20.0. The highest BCUT2D eigenvalue weighted by molar-refractivity contribution is 7.13. The highest BCUT2D eigenvalue weighted by atomic mass is 32.1. The first kappa shape index (κ1) is 20.9. The Kier molecular flexibility index (Phi) is 6.05. The van der Waals surface area contributed by atoms with Crippen molar-refractivity contribution in [1.82, 2.24) is 24.9 Å². The monoisotopic (exact) mass is 449 g/mol. The predicted octanol–water partition coefficient (Wildman–Crippen LogP) is 3.09. The second-order valence-electron chi connectivity index (χ2n) is 8.38. The molecule has 1 aromatic carbocycles. The van der Waals surface area contributed by atoms with Gasteiger partial charge in [-0.15, -0.1) is 11.3 Å². The Morgan fingerprint density at radius 2 is 1.94 bits per heavy atom. The number of hydrogen-bond acceptors (Lipinski definition) is 5. The van der Waals surface area contributed by atoms with E-state index in [-0.39, 0.29) is 17.9 Å². The topological polar surface area (TPSA) is 72.5 Å². The summed E-state index contributed by atoms with van der Waals surface area (Å²) in [4.78, 5) is 33.3. The second-order valence-corrected chi connectivity index (χ2v) is 9.32. The Morgan fingerprint density at radius 3 is 2.75 bits per heavy atom. The number of amides is 2. The van der Waals surface area contributed by atoms with Crippen molar-refractivity contribution in [3.8, 4) is 10.6 Å². The maximum atomic E-state index is 13.1. The lowest BCUT2D eigenvalue weighted by Crippen LogP contribution is -2.44. The van der Waals surface area contributed by atoms with Crippen molar-refractivity contribution in [3.05, 3.63) is 65.2 Å². The van der Waals surface area contributed by atoms with Crippen LogP contribution in [0.15, 0.2) is 53.9 Å². The molecule has 0 aliphatic carbocycles. The molecule has 8 heteroatoms. The summed E-state index contributed by atoms with van der Waals surface area (Å²) in [6.45, 7) is 4.30. The Labute approximate surface area is 191 Å². The third kappa shape index (κ3) is 4.33. The number of nitrogens with zero attached hydrogens (tertiary/aromatic N) is 4. The summed E-state index contributed by atoms with van der Waals surface area (Å²) < 4.78 is 0. The first-order chi connectivity index (χ1) is 15.7. The van der Waals surface area contributed by atoms with Crippen LogP contribution in [-0.4, -0.2) is 75.5 Å². The van der Waals surface area contributed by atoms with E-state index in [4.69, 9.17) is 0 Å². The summed E-state index contributed by atoms with van der Waals surface area (Å²) in [5.74, 6) is 0.163. The average molecular weight is 450 g/mol. The summed E-state index contributed by atoms with van der Waals surface area (Å²) in [5, 5.41) is 9.24. The number of carbonyl (C=O) groups excluding carboxylic acids is 2. The quantitative estimate of drug-likeness (QED) is 0.650. The first-order valence-electron chi connectivity index (χ1n) is 11.1. The van der Waals surface area contributed by atoms with Gasteiger partial charge in [-0.3, -0.25) is 19.6 Å². The van der Waals surface area contributed by atoms with Crippen molar-refractivity contribution in [2.24, 2.45) is 0 Å². The zero-order valence-corrected chi connectivity index (χ0v) is 18.8. The minimum atomic E-state index is -0.0791. The molecular weight excluding hydrogens is 422 g/mol. The van der Waals surface area contributed by atoms with Gasteiger partial charge in [-0.2, -0.15) is 5.10 Å². The molecule has 1 unspecified atom stereocenters. The number of benzene rings is 1. The van der Waals surface area contributed by atoms with Crippen LogP contribution in [0.3, 0.4) is 0 Å². The van der Waals surface area contributed by atoms with Gasteiger partial charge in [0.2, 0.25) is 5.91 Å². The molecule has 1 atom stereocenters. The van der Waals surface area contributed by atoms with Gasteiger partial charge < -0.3 is 9.80 Å². The molecule has 0 bridgehead atoms. The van der Waals surface area contributed by atoms with Gasteiger partial charge in [-0.05, 0) is 35.9 Å². The van der Waals surface area contributed by atoms with Crippen LogP contribution in [0, 0.1) is 0 Å². The number of aromatic nitrogens is 2. The third-order valence-electron chi connectivity index (χ3n) is 6.33. The van der Waals surface area contributed by atoms with Crippen LogP contribution >= 0.6 is 11.3 Å². The second kappa shape index (κ2) is 9.26. The fourth-order valence-electron chi connectivity index (χ4n) is 4.63. The molecule has 0 spiro atoms. The van der Waals surface area contributed by atoms with Crippen LogP contribution in [0.5, 0.6) is 0 Å². The SMILES string of the molecule is O=C(c1cc(-c2cccs2)[nH]n1)N1CCCN(C2CCN(Cc3ccccc3)C2=O)CC1. The summed E-state index contributed by atoms with van der Waals surface area (Å²) in [7, 11) is 0. The summed E-state index contributed by atoms with van der Waals surface area (Å²) in [6, 6.07) is 15.9. The van der Waals surface area contributed by atoms with E-state index in [2.05, 4.69) is 27.2 Å². The Bertz CT molecular complexity index is 1070. The van der Waals surface area contributed by atoms with Gasteiger partial charge in [0.05, 0.1) is 16.6 Å². The van der Waals surface area contributed by atoms with Crippen LogP contribution in [-0.2, 0) is 11.3 Å². The van der Waals surface area contributed by atoms with E-state index in [9.17, 15) is 9.59 Å². The molecule has 7 nitrogen and oxygen atoms in total. The number of likely N-dealkylation sites (tertiary alicyclic amines) is 1. The Balaban J connectivity index is 1.19. The van der Waals surface area contributed by atoms with Gasteiger partial charge in [-0.25, -0.2) is 0 Å². The predicted molar refractivity (Wildman–Crippen MR) is 124 cm³/mol. The lowest BCUT2D eigenvalue weighted by atomic mass is 10.2. The lowest BCUT2D eigenvalue weighted by molar-refractivity contribution is -0.132. The molecule has 32 heavy (non-hydrogen) atoms. The maximum absolute atomic E-state index is 13.1. The molecule has 2 saturated heterocycles. The highest BCUT2D eigenvalue weighted by Gasteiger charge is 2.36. The smallest absolute Gasteiger partial charge is 0.274 e. The van der Waals surface area contributed by atoms with Gasteiger partial charge in [0, 0.05) is 39.3 Å². The first-order valence-corrected chi connectivity index (χ1v) is 12.0. The van der Waals surface area contributed by atoms with Gasteiger partial charge in [0.15, 0.2) is 5.69 Å². The number of rotatable bonds is 5. The molecule has 2 aliphatic heterocycles. The molecule has 1 N–H and O–H groups in total. The zero-order chi connectivity index (χ0) is 21.9. The number of aromatic amines is 1. The molecule has 2 fully saturated rings. The van der Waals surface area contributed by atoms with E-state index >= 15 is 0 Å². The van der Waals surface area contributed by atoms with Gasteiger partial charge in [0.25, 0.3) is 5.91 Å². The molecule has 166 valence electrons. The molecule has 0 radical (unpaired) electrons. The zero-order valence-electron chi connectivity index (χ0n) is 17.9. The molecule has 0 saturated carbocycles. The number of thiophene rings is 1. The minimum Gasteiger partial charge on any atom is -0.337 e. The number of carbonyl (C=O) groups is 2. The van der Waals surface area contributed by atoms with Gasteiger partial charge in [-0.1, -0.05) is 36.4 Å². The van der Waals surface area contributed by atoms with Crippen molar-refractivity contribution in [3.63, 3.8) is 0 Å². The van der Waals surface area contributed by atoms with E-state index in [1.807, 2.05) is 51.6 Å². The van der Waals surface area contributed by atoms with Gasteiger partial charge in [0.1, 0.15) is 0 Å². The van der Waals surface area contributed by atoms with Crippen LogP contribution in [0.25, 0.3) is 10.6 Å². The molecule has 2 amide bonds. The van der Waals surface area contributed by atoms with Crippen LogP contribution in [0.4, 0.5) is 0 Å². The van der Waals surface area contributed by atoms with Gasteiger partial charge >= 0.3 is 0 Å². The number of hydrogen-bond donors (Lipinski definition) is 1. The minimum absolute atomic E-state index is 0.0469. The number of nitrogens with one attached hydrogen (secondary N) is 1. The molecule has 3 aromatic rings. The largest absolute Gasteiger partial charge is 0.337 e. The van der Waals surface area contributed by atoms with E-state index < -0.39 is 0 Å². The summed E-state index contributed by atoms with van der Waals surface area (Å²) in [6.07, 6.45) is 1.71. The fourth-order valence-corrected chi connectivity index (χ4v) is 5.32. The summed E-state index contributed by atoms with van der Waals surface area (Å²) >= 11 is 1.62. The summed E-state index contributed by atoms with van der Waals surface area (Å²) in [5.41, 5.74) is 2.48. The van der Waals surface area contributed by atoms with E-state index in [1.165, 1.54) is 0 Å². The van der Waals surface area contributed by atoms with Crippen LogP contribution < -0.4 is 0 Å². The van der Waals surface area contributed by atoms with Crippen molar-refractivity contribution in [2.45, 2.75) is 25.4 Å². The molecular formula is C24H27N5O2S. The highest BCUT2D eigenvalue weighted by Crippen LogP contribution is 2.24. The Hall–Kier alpha value is -2.97. The van der Waals surface area contributed by atoms with E-state index in [0.29, 0.717) is 31.9 Å². The third-order valence-corrected chi connectivity index (χ3v) is 7.23. The van der Waals surface area contributed by atoms with E-state index in [1.54, 1.807) is 11.3 Å². The van der Waals surface area contributed by atoms with E-state index in [0.717, 1.165) is 42.1 Å². The molecule has 2 aliphatic rings. The molecule has 4 heterocycles. The lowest BCUT2D eigenvalue weighted by Gasteiger charge is -2.26. The van der Waals surface area contributed by atoms with Crippen molar-refractivity contribution >= 4 is 23.2 Å². The Morgan fingerprint density at radius 1 is 1.06 bits per heavy atom. The molecule has 2 aromatic heterocycles. The number of H-pyrrole nitrogens is 1. The maximum Gasteiger partial charge on any atom is 0.274 e. The van der Waals surface area contributed by atoms with Crippen molar-refractivity contribution in [2.75, 3.05) is 32.7 Å². The standard InChI is InChI=1S/C24H27N5O2S/c30-23(20-16-19(25-26-20)22-8-4-15-32-22)28-11-5-10-27(13-14-28)21-9-12-29(24(21)31)17-18-6-2-1-3-7-18/h1-4,6-8,15-16,21H,5,9-14,17H2,(H,25,26). The van der Waals surface area contributed by atoms with Crippen LogP contribution in [0.2, 0.25) is 0 Å². The fraction of sp³-hybridized carbons (Fsp3) is 0.375. The average Bonchev–Trinajstić information content (AvgIpc) is 3.54. The van der Waals surface area contributed by atoms with Crippen molar-refractivity contribution in [1.29, 1.82) is 0 Å². The molecule has 5 rings (SSSR count). The van der Waals surface area contributed by atoms with Crippen molar-refractivity contribution < 1.29 is 9.59 Å². The van der Waals surface area contributed by atoms with Crippen LogP contribution in [0.1, 0.15) is 28.9 Å².